The first-order chi connectivity index (χ1) is 8.15. The fourth-order valence-corrected chi connectivity index (χ4v) is 3.14. The maximum Gasteiger partial charge on any atom is 0.0384 e. The van der Waals surface area contributed by atoms with Crippen LogP contribution in [0.15, 0.2) is 0 Å². The van der Waals surface area contributed by atoms with Gasteiger partial charge in [-0.05, 0) is 59.9 Å². The van der Waals surface area contributed by atoms with Crippen LogP contribution in [0.25, 0.3) is 0 Å². The van der Waals surface area contributed by atoms with Crippen LogP contribution in [0, 0.1) is 0 Å². The van der Waals surface area contributed by atoms with Crippen LogP contribution in [-0.2, 0) is 32.1 Å². The van der Waals surface area contributed by atoms with Crippen LogP contribution in [0.2, 0.25) is 0 Å². The lowest BCUT2D eigenvalue weighted by Gasteiger charge is -2.23. The second-order valence-electron chi connectivity index (χ2n) is 4.57. The average molecular weight is 233 g/mol. The lowest BCUT2D eigenvalue weighted by Crippen LogP contribution is -2.11. The van der Waals surface area contributed by atoms with Crippen molar-refractivity contribution in [2.45, 2.75) is 66.7 Å². The van der Waals surface area contributed by atoms with Crippen molar-refractivity contribution in [1.29, 1.82) is 0 Å². The largest absolute Gasteiger partial charge is 0.398 e. The summed E-state index contributed by atoms with van der Waals surface area (Å²) in [7, 11) is 0. The van der Waals surface area contributed by atoms with Crippen LogP contribution in [0.1, 0.15) is 62.4 Å². The minimum atomic E-state index is 1.05. The van der Waals surface area contributed by atoms with Crippen LogP contribution < -0.4 is 5.73 Å². The van der Waals surface area contributed by atoms with Crippen LogP contribution in [0.5, 0.6) is 0 Å². The summed E-state index contributed by atoms with van der Waals surface area (Å²) >= 11 is 0. The molecule has 0 unspecified atom stereocenters. The molecular weight excluding hydrogens is 206 g/mol. The summed E-state index contributed by atoms with van der Waals surface area (Å²) in [5, 5.41) is 0. The molecule has 1 nitrogen and oxygen atoms in total. The lowest BCUT2D eigenvalue weighted by atomic mass is 9.84. The Bertz CT molecular complexity index is 358. The molecule has 0 aliphatic carbocycles. The van der Waals surface area contributed by atoms with Gasteiger partial charge in [0, 0.05) is 5.69 Å². The molecule has 2 N–H and O–H groups in total. The van der Waals surface area contributed by atoms with Crippen molar-refractivity contribution in [2.24, 2.45) is 0 Å². The summed E-state index contributed by atoms with van der Waals surface area (Å²) in [6.45, 7) is 11.2. The standard InChI is InChI=1S/C16H27N/c1-6-11-12(7-2)14(9-4)16(17)15(10-5)13(11)8-3/h6-10,17H2,1-5H3. The van der Waals surface area contributed by atoms with E-state index < -0.39 is 0 Å². The Morgan fingerprint density at radius 2 is 0.765 bits per heavy atom. The predicted molar refractivity (Wildman–Crippen MR) is 77.7 cm³/mol. The molecule has 96 valence electrons. The lowest BCUT2D eigenvalue weighted by molar-refractivity contribution is 0.919. The summed E-state index contributed by atoms with van der Waals surface area (Å²) in [4.78, 5) is 0. The monoisotopic (exact) mass is 233 g/mol. The zero-order chi connectivity index (χ0) is 13.0. The van der Waals surface area contributed by atoms with Crippen molar-refractivity contribution in [2.75, 3.05) is 5.73 Å². The second kappa shape index (κ2) is 6.09. The van der Waals surface area contributed by atoms with Gasteiger partial charge in [-0.3, -0.25) is 0 Å². The first-order valence-electron chi connectivity index (χ1n) is 7.09. The molecule has 0 bridgehead atoms. The van der Waals surface area contributed by atoms with E-state index in [9.17, 15) is 0 Å². The Kier molecular flexibility index (Phi) is 5.04. The molecule has 1 aromatic rings. The van der Waals surface area contributed by atoms with E-state index in [0.717, 1.165) is 37.8 Å². The fraction of sp³-hybridized carbons (Fsp3) is 0.625. The molecule has 1 aromatic carbocycles. The summed E-state index contributed by atoms with van der Waals surface area (Å²) in [5.41, 5.74) is 14.9. The summed E-state index contributed by atoms with van der Waals surface area (Å²) in [6, 6.07) is 0. The molecule has 1 rings (SSSR count). The Morgan fingerprint density at radius 3 is 1.00 bits per heavy atom. The zero-order valence-electron chi connectivity index (χ0n) is 12.1. The van der Waals surface area contributed by atoms with E-state index in [1.54, 1.807) is 5.56 Å². The number of nitrogen functional groups attached to an aromatic ring is 1. The number of benzene rings is 1. The van der Waals surface area contributed by atoms with Crippen molar-refractivity contribution in [3.8, 4) is 0 Å². The highest BCUT2D eigenvalue weighted by Gasteiger charge is 2.17. The molecule has 0 spiro atoms. The highest BCUT2D eigenvalue weighted by Crippen LogP contribution is 2.32. The predicted octanol–water partition coefficient (Wildman–Crippen LogP) is 4.08. The van der Waals surface area contributed by atoms with Gasteiger partial charge in [0.15, 0.2) is 0 Å². The maximum absolute atomic E-state index is 6.38. The molecule has 0 heterocycles. The van der Waals surface area contributed by atoms with Gasteiger partial charge in [-0.15, -0.1) is 0 Å². The van der Waals surface area contributed by atoms with E-state index in [2.05, 4.69) is 34.6 Å². The minimum absolute atomic E-state index is 1.05. The van der Waals surface area contributed by atoms with Crippen molar-refractivity contribution in [3.63, 3.8) is 0 Å². The molecule has 1 heteroatoms. The Morgan fingerprint density at radius 1 is 0.529 bits per heavy atom. The van der Waals surface area contributed by atoms with Crippen molar-refractivity contribution < 1.29 is 0 Å². The molecule has 0 radical (unpaired) electrons. The van der Waals surface area contributed by atoms with E-state index in [0.29, 0.717) is 0 Å². The molecule has 0 saturated heterocycles. The second-order valence-corrected chi connectivity index (χ2v) is 4.57. The third kappa shape index (κ3) is 2.34. The van der Waals surface area contributed by atoms with Gasteiger partial charge in [0.2, 0.25) is 0 Å². The highest BCUT2D eigenvalue weighted by atomic mass is 14.6. The van der Waals surface area contributed by atoms with E-state index in [1.165, 1.54) is 22.3 Å². The van der Waals surface area contributed by atoms with Crippen LogP contribution in [0.4, 0.5) is 5.69 Å². The molecular formula is C16H27N. The summed E-state index contributed by atoms with van der Waals surface area (Å²) in [5.74, 6) is 0. The first kappa shape index (κ1) is 14.1. The Labute approximate surface area is 106 Å². The average Bonchev–Trinajstić information content (AvgIpc) is 2.36. The number of anilines is 1. The van der Waals surface area contributed by atoms with Gasteiger partial charge in [0.05, 0.1) is 0 Å². The third-order valence-corrected chi connectivity index (χ3v) is 3.88. The number of hydrogen-bond acceptors (Lipinski definition) is 1. The fourth-order valence-electron chi connectivity index (χ4n) is 3.14. The van der Waals surface area contributed by atoms with Gasteiger partial charge in [-0.2, -0.15) is 0 Å². The molecule has 0 saturated carbocycles. The van der Waals surface area contributed by atoms with E-state index >= 15 is 0 Å². The Balaban J connectivity index is 3.66. The van der Waals surface area contributed by atoms with E-state index in [-0.39, 0.29) is 0 Å². The molecule has 0 aliphatic heterocycles. The van der Waals surface area contributed by atoms with Gasteiger partial charge < -0.3 is 5.73 Å². The topological polar surface area (TPSA) is 26.0 Å². The molecule has 0 atom stereocenters. The van der Waals surface area contributed by atoms with E-state index in [4.69, 9.17) is 5.73 Å². The molecule has 0 aromatic heterocycles. The molecule has 0 fully saturated rings. The Hall–Kier alpha value is -0.980. The van der Waals surface area contributed by atoms with Gasteiger partial charge >= 0.3 is 0 Å². The van der Waals surface area contributed by atoms with E-state index in [1.807, 2.05) is 0 Å². The van der Waals surface area contributed by atoms with Crippen LogP contribution in [0.3, 0.4) is 0 Å². The van der Waals surface area contributed by atoms with Crippen LogP contribution in [-0.4, -0.2) is 0 Å². The van der Waals surface area contributed by atoms with Gasteiger partial charge in [0.1, 0.15) is 0 Å². The smallest absolute Gasteiger partial charge is 0.0384 e. The zero-order valence-corrected chi connectivity index (χ0v) is 12.1. The molecule has 0 aliphatic rings. The highest BCUT2D eigenvalue weighted by molar-refractivity contribution is 5.64. The number of rotatable bonds is 5. The molecule has 17 heavy (non-hydrogen) atoms. The molecule has 0 amide bonds. The minimum Gasteiger partial charge on any atom is -0.398 e. The third-order valence-electron chi connectivity index (χ3n) is 3.88. The maximum atomic E-state index is 6.38. The number of nitrogens with two attached hydrogens (primary N) is 1. The first-order valence-corrected chi connectivity index (χ1v) is 7.09. The van der Waals surface area contributed by atoms with Gasteiger partial charge in [-0.1, -0.05) is 34.6 Å². The van der Waals surface area contributed by atoms with Gasteiger partial charge in [-0.25, -0.2) is 0 Å². The van der Waals surface area contributed by atoms with Crippen molar-refractivity contribution in [3.05, 3.63) is 27.8 Å². The SMILES string of the molecule is CCc1c(N)c(CC)c(CC)c(CC)c1CC. The summed E-state index contributed by atoms with van der Waals surface area (Å²) in [6.07, 6.45) is 5.45. The number of hydrogen-bond donors (Lipinski definition) is 1. The normalized spacial score (nSPS) is 10.9. The quantitative estimate of drug-likeness (QED) is 0.762. The van der Waals surface area contributed by atoms with Crippen molar-refractivity contribution >= 4 is 5.69 Å². The van der Waals surface area contributed by atoms with Crippen LogP contribution >= 0.6 is 0 Å². The summed E-state index contributed by atoms with van der Waals surface area (Å²) < 4.78 is 0. The van der Waals surface area contributed by atoms with Crippen molar-refractivity contribution in [1.82, 2.24) is 0 Å². The van der Waals surface area contributed by atoms with Gasteiger partial charge in [0.25, 0.3) is 0 Å².